The van der Waals surface area contributed by atoms with Crippen molar-refractivity contribution in [1.82, 2.24) is 9.97 Å². The SMILES string of the molecule is CC1CN(c2ncccc2Cl)CCN1c1nc(C(F)(F)F)ccc1C#N. The van der Waals surface area contributed by atoms with E-state index in [1.807, 2.05) is 17.9 Å². The molecule has 3 heterocycles. The fraction of sp³-hybridized carbons (Fsp3) is 0.353. The van der Waals surface area contributed by atoms with E-state index in [1.54, 1.807) is 23.2 Å². The topological polar surface area (TPSA) is 56.1 Å². The average Bonchev–Trinajstić information content (AvgIpc) is 2.61. The van der Waals surface area contributed by atoms with Gasteiger partial charge in [0.1, 0.15) is 23.4 Å². The third-order valence-electron chi connectivity index (χ3n) is 4.22. The Balaban J connectivity index is 1.88. The quantitative estimate of drug-likeness (QED) is 0.793. The van der Waals surface area contributed by atoms with Crippen LogP contribution < -0.4 is 9.80 Å². The van der Waals surface area contributed by atoms with Crippen LogP contribution in [-0.4, -0.2) is 35.6 Å². The average molecular weight is 382 g/mol. The van der Waals surface area contributed by atoms with Crippen LogP contribution in [0.1, 0.15) is 18.2 Å². The molecule has 0 bridgehead atoms. The number of piperazine rings is 1. The molecule has 1 aliphatic rings. The Labute approximate surface area is 153 Å². The van der Waals surface area contributed by atoms with Crippen molar-refractivity contribution in [3.05, 3.63) is 46.7 Å². The van der Waals surface area contributed by atoms with E-state index >= 15 is 0 Å². The van der Waals surface area contributed by atoms with E-state index in [9.17, 15) is 18.4 Å². The standard InChI is InChI=1S/C17H15ClF3N5/c1-11-10-25(16-13(18)3-2-6-23-16)7-8-26(11)15-12(9-22)4-5-14(24-15)17(19,20)21/h2-6,11H,7-8,10H2,1H3. The number of hydrogen-bond acceptors (Lipinski definition) is 5. The second-order valence-corrected chi connectivity index (χ2v) is 6.38. The van der Waals surface area contributed by atoms with Gasteiger partial charge < -0.3 is 9.80 Å². The van der Waals surface area contributed by atoms with Gasteiger partial charge in [-0.1, -0.05) is 11.6 Å². The van der Waals surface area contributed by atoms with Crippen molar-refractivity contribution >= 4 is 23.2 Å². The summed E-state index contributed by atoms with van der Waals surface area (Å²) in [6.45, 7) is 3.27. The molecule has 0 radical (unpaired) electrons. The highest BCUT2D eigenvalue weighted by molar-refractivity contribution is 6.32. The number of alkyl halides is 3. The van der Waals surface area contributed by atoms with Gasteiger partial charge in [0.2, 0.25) is 0 Å². The van der Waals surface area contributed by atoms with Crippen molar-refractivity contribution in [1.29, 1.82) is 5.26 Å². The molecule has 1 fully saturated rings. The number of rotatable bonds is 2. The van der Waals surface area contributed by atoms with E-state index in [1.165, 1.54) is 6.07 Å². The number of aromatic nitrogens is 2. The summed E-state index contributed by atoms with van der Waals surface area (Å²) in [5.41, 5.74) is -0.886. The van der Waals surface area contributed by atoms with Crippen molar-refractivity contribution in [3.8, 4) is 6.07 Å². The third-order valence-corrected chi connectivity index (χ3v) is 4.52. The molecule has 5 nitrogen and oxygen atoms in total. The van der Waals surface area contributed by atoms with Crippen LogP contribution in [0, 0.1) is 11.3 Å². The summed E-state index contributed by atoms with van der Waals surface area (Å²) in [6, 6.07) is 7.22. The van der Waals surface area contributed by atoms with Crippen LogP contribution in [0.15, 0.2) is 30.5 Å². The Morgan fingerprint density at radius 1 is 1.23 bits per heavy atom. The Kier molecular flexibility index (Phi) is 4.92. The van der Waals surface area contributed by atoms with Crippen molar-refractivity contribution in [2.24, 2.45) is 0 Å². The van der Waals surface area contributed by atoms with E-state index in [0.717, 1.165) is 6.07 Å². The summed E-state index contributed by atoms with van der Waals surface area (Å²) in [4.78, 5) is 11.7. The van der Waals surface area contributed by atoms with Crippen LogP contribution in [0.4, 0.5) is 24.8 Å². The number of nitriles is 1. The number of nitrogens with zero attached hydrogens (tertiary/aromatic N) is 5. The summed E-state index contributed by atoms with van der Waals surface area (Å²) in [7, 11) is 0. The molecule has 3 rings (SSSR count). The normalized spacial score (nSPS) is 17.9. The van der Waals surface area contributed by atoms with Gasteiger partial charge in [-0.2, -0.15) is 18.4 Å². The Morgan fingerprint density at radius 2 is 2.00 bits per heavy atom. The molecule has 2 aromatic rings. The van der Waals surface area contributed by atoms with Gasteiger partial charge in [-0.05, 0) is 31.2 Å². The monoisotopic (exact) mass is 381 g/mol. The molecule has 1 saturated heterocycles. The third kappa shape index (κ3) is 3.53. The van der Waals surface area contributed by atoms with Gasteiger partial charge in [0, 0.05) is 31.9 Å². The van der Waals surface area contributed by atoms with Crippen LogP contribution in [-0.2, 0) is 6.18 Å². The van der Waals surface area contributed by atoms with Gasteiger partial charge in [-0.3, -0.25) is 0 Å². The maximum Gasteiger partial charge on any atom is 0.433 e. The van der Waals surface area contributed by atoms with Crippen LogP contribution >= 0.6 is 11.6 Å². The molecule has 2 aromatic heterocycles. The predicted molar refractivity (Wildman–Crippen MR) is 92.2 cm³/mol. The van der Waals surface area contributed by atoms with E-state index < -0.39 is 11.9 Å². The van der Waals surface area contributed by atoms with Gasteiger partial charge in [0.25, 0.3) is 0 Å². The van der Waals surface area contributed by atoms with E-state index in [0.29, 0.717) is 30.5 Å². The molecule has 0 aromatic carbocycles. The molecule has 0 saturated carbocycles. The Hall–Kier alpha value is -2.53. The van der Waals surface area contributed by atoms with Gasteiger partial charge in [0.15, 0.2) is 0 Å². The zero-order valence-electron chi connectivity index (χ0n) is 13.8. The molecule has 136 valence electrons. The summed E-state index contributed by atoms with van der Waals surface area (Å²) in [5.74, 6) is 0.694. The molecule has 1 unspecified atom stereocenters. The Morgan fingerprint density at radius 3 is 2.62 bits per heavy atom. The first kappa shape index (κ1) is 18.3. The summed E-state index contributed by atoms with van der Waals surface area (Å²) < 4.78 is 39.0. The lowest BCUT2D eigenvalue weighted by Gasteiger charge is -2.41. The number of pyridine rings is 2. The Bertz CT molecular complexity index is 849. The molecule has 0 aliphatic carbocycles. The largest absolute Gasteiger partial charge is 0.433 e. The van der Waals surface area contributed by atoms with Crippen molar-refractivity contribution in [2.75, 3.05) is 29.4 Å². The van der Waals surface area contributed by atoms with Crippen LogP contribution in [0.3, 0.4) is 0 Å². The minimum Gasteiger partial charge on any atom is -0.352 e. The van der Waals surface area contributed by atoms with Gasteiger partial charge in [0.05, 0.1) is 10.6 Å². The highest BCUT2D eigenvalue weighted by atomic mass is 35.5. The molecule has 9 heteroatoms. The van der Waals surface area contributed by atoms with Crippen molar-refractivity contribution in [2.45, 2.75) is 19.1 Å². The number of anilines is 2. The zero-order valence-corrected chi connectivity index (χ0v) is 14.6. The summed E-state index contributed by atoms with van der Waals surface area (Å²) in [5, 5.41) is 9.78. The first-order chi connectivity index (χ1) is 12.3. The molecular formula is C17H15ClF3N5. The lowest BCUT2D eigenvalue weighted by molar-refractivity contribution is -0.141. The number of halogens is 4. The predicted octanol–water partition coefficient (Wildman–Crippen LogP) is 3.74. The van der Waals surface area contributed by atoms with Crippen LogP contribution in [0.25, 0.3) is 0 Å². The van der Waals surface area contributed by atoms with E-state index in [4.69, 9.17) is 11.6 Å². The second kappa shape index (κ2) is 7.00. The van der Waals surface area contributed by atoms with Crippen molar-refractivity contribution in [3.63, 3.8) is 0 Å². The smallest absolute Gasteiger partial charge is 0.352 e. The molecule has 0 spiro atoms. The summed E-state index contributed by atoms with van der Waals surface area (Å²) >= 11 is 6.18. The molecule has 1 aliphatic heterocycles. The highest BCUT2D eigenvalue weighted by Gasteiger charge is 2.35. The zero-order chi connectivity index (χ0) is 18.9. The molecule has 0 amide bonds. The van der Waals surface area contributed by atoms with Gasteiger partial charge in [-0.25, -0.2) is 9.97 Å². The first-order valence-electron chi connectivity index (χ1n) is 7.91. The fourth-order valence-corrected chi connectivity index (χ4v) is 3.23. The molecular weight excluding hydrogens is 367 g/mol. The lowest BCUT2D eigenvalue weighted by Crippen LogP contribution is -2.53. The van der Waals surface area contributed by atoms with Crippen molar-refractivity contribution < 1.29 is 13.2 Å². The van der Waals surface area contributed by atoms with E-state index in [2.05, 4.69) is 9.97 Å². The minimum atomic E-state index is -4.56. The summed E-state index contributed by atoms with van der Waals surface area (Å²) in [6.07, 6.45) is -2.92. The van der Waals surface area contributed by atoms with Crippen LogP contribution in [0.5, 0.6) is 0 Å². The van der Waals surface area contributed by atoms with Gasteiger partial charge >= 0.3 is 6.18 Å². The number of hydrogen-bond donors (Lipinski definition) is 0. The molecule has 0 N–H and O–H groups in total. The van der Waals surface area contributed by atoms with E-state index in [-0.39, 0.29) is 17.4 Å². The lowest BCUT2D eigenvalue weighted by atomic mass is 10.1. The maximum atomic E-state index is 13.0. The van der Waals surface area contributed by atoms with Gasteiger partial charge in [-0.15, -0.1) is 0 Å². The molecule has 1 atom stereocenters. The maximum absolute atomic E-state index is 13.0. The van der Waals surface area contributed by atoms with Crippen LogP contribution in [0.2, 0.25) is 5.02 Å². The highest BCUT2D eigenvalue weighted by Crippen LogP contribution is 2.32. The fourth-order valence-electron chi connectivity index (χ4n) is 2.99. The molecule has 26 heavy (non-hydrogen) atoms. The minimum absolute atomic E-state index is 0.0570. The first-order valence-corrected chi connectivity index (χ1v) is 8.29. The second-order valence-electron chi connectivity index (χ2n) is 5.97.